The van der Waals surface area contributed by atoms with Gasteiger partial charge < -0.3 is 15.5 Å². The number of thiazole rings is 1. The molecule has 7 heteroatoms. The molecular formula is C24H45N3O2SSi. The van der Waals surface area contributed by atoms with Crippen LogP contribution in [0.1, 0.15) is 90.7 Å². The van der Waals surface area contributed by atoms with Crippen molar-refractivity contribution >= 4 is 25.6 Å². The lowest BCUT2D eigenvalue weighted by molar-refractivity contribution is -0.124. The second-order valence-corrected chi connectivity index (χ2v) is 16.9. The highest BCUT2D eigenvalue weighted by atomic mass is 32.1. The van der Waals surface area contributed by atoms with Crippen LogP contribution in [-0.4, -0.2) is 31.3 Å². The number of nitrogens with zero attached hydrogens (tertiary/aromatic N) is 1. The topological polar surface area (TPSA) is 77.2 Å². The van der Waals surface area contributed by atoms with E-state index in [1.165, 1.54) is 32.1 Å². The lowest BCUT2D eigenvalue weighted by atomic mass is 9.83. The molecule has 1 aliphatic carbocycles. The van der Waals surface area contributed by atoms with Crippen LogP contribution < -0.4 is 11.1 Å². The summed E-state index contributed by atoms with van der Waals surface area (Å²) < 4.78 is 6.94. The molecule has 1 aliphatic rings. The van der Waals surface area contributed by atoms with Crippen molar-refractivity contribution in [2.45, 2.75) is 116 Å². The summed E-state index contributed by atoms with van der Waals surface area (Å²) in [6.07, 6.45) is 9.58. The molecule has 0 bridgehead atoms. The van der Waals surface area contributed by atoms with Crippen LogP contribution in [0.2, 0.25) is 18.1 Å². The summed E-state index contributed by atoms with van der Waals surface area (Å²) in [5.41, 5.74) is 6.26. The molecule has 1 aromatic heterocycles. The Bertz CT molecular complexity index is 667. The van der Waals surface area contributed by atoms with E-state index in [-0.39, 0.29) is 23.1 Å². The van der Waals surface area contributed by atoms with Gasteiger partial charge in [-0.1, -0.05) is 66.7 Å². The van der Waals surface area contributed by atoms with Crippen LogP contribution in [0.3, 0.4) is 0 Å². The second kappa shape index (κ2) is 11.4. The third-order valence-corrected chi connectivity index (χ3v) is 12.3. The van der Waals surface area contributed by atoms with E-state index >= 15 is 0 Å². The van der Waals surface area contributed by atoms with E-state index in [1.54, 1.807) is 11.3 Å². The van der Waals surface area contributed by atoms with Crippen molar-refractivity contribution in [2.24, 2.45) is 17.6 Å². The highest BCUT2D eigenvalue weighted by molar-refractivity contribution is 7.09. The fourth-order valence-corrected chi connectivity index (χ4v) is 6.20. The standard InChI is InChI=1S/C24H45N3O2SSi/c1-17(2)15-19(25)22(28)27-20(16-18-11-9-8-10-12-18)21(23-26-13-14-30-23)29-31(6,7)24(3,4)5/h13-14,17-21H,8-12,15-16,25H2,1-7H3,(H,27,28)/t19-,20+,21-/m0/s1. The average Bonchev–Trinajstić information content (AvgIpc) is 3.19. The first-order valence-electron chi connectivity index (χ1n) is 12.0. The third-order valence-electron chi connectivity index (χ3n) is 6.99. The predicted molar refractivity (Wildman–Crippen MR) is 134 cm³/mol. The molecule has 0 unspecified atom stereocenters. The van der Waals surface area contributed by atoms with E-state index in [2.05, 4.69) is 58.0 Å². The maximum Gasteiger partial charge on any atom is 0.237 e. The highest BCUT2D eigenvalue weighted by Gasteiger charge is 2.43. The number of carbonyl (C=O) groups excluding carboxylic acids is 1. The van der Waals surface area contributed by atoms with Crippen LogP contribution in [0, 0.1) is 11.8 Å². The van der Waals surface area contributed by atoms with Crippen LogP contribution in [-0.2, 0) is 9.22 Å². The van der Waals surface area contributed by atoms with Crippen LogP contribution in [0.4, 0.5) is 0 Å². The number of carbonyl (C=O) groups is 1. The molecule has 2 rings (SSSR count). The molecule has 5 nitrogen and oxygen atoms in total. The van der Waals surface area contributed by atoms with Gasteiger partial charge >= 0.3 is 0 Å². The summed E-state index contributed by atoms with van der Waals surface area (Å²) in [7, 11) is -2.07. The van der Waals surface area contributed by atoms with Crippen LogP contribution in [0.15, 0.2) is 11.6 Å². The fraction of sp³-hybridized carbons (Fsp3) is 0.833. The molecule has 178 valence electrons. The minimum absolute atomic E-state index is 0.0603. The Morgan fingerprint density at radius 1 is 1.29 bits per heavy atom. The first-order valence-corrected chi connectivity index (χ1v) is 15.8. The van der Waals surface area contributed by atoms with Crippen molar-refractivity contribution in [3.05, 3.63) is 16.6 Å². The predicted octanol–water partition coefficient (Wildman–Crippen LogP) is 6.03. The number of nitrogens with one attached hydrogen (secondary N) is 1. The van der Waals surface area contributed by atoms with Crippen molar-refractivity contribution in [3.63, 3.8) is 0 Å². The lowest BCUT2D eigenvalue weighted by Gasteiger charge is -2.42. The molecule has 0 radical (unpaired) electrons. The molecule has 1 aromatic rings. The van der Waals surface area contributed by atoms with E-state index < -0.39 is 14.4 Å². The smallest absolute Gasteiger partial charge is 0.237 e. The molecule has 0 aromatic carbocycles. The van der Waals surface area contributed by atoms with Gasteiger partial charge in [-0.3, -0.25) is 4.79 Å². The molecule has 31 heavy (non-hydrogen) atoms. The molecule has 1 fully saturated rings. The molecule has 3 N–H and O–H groups in total. The van der Waals surface area contributed by atoms with Crippen LogP contribution in [0.5, 0.6) is 0 Å². The Balaban J connectivity index is 2.31. The zero-order chi connectivity index (χ0) is 23.2. The fourth-order valence-electron chi connectivity index (χ4n) is 4.12. The Labute approximate surface area is 195 Å². The Morgan fingerprint density at radius 2 is 1.94 bits per heavy atom. The summed E-state index contributed by atoms with van der Waals surface area (Å²) in [6, 6.07) is -0.590. The van der Waals surface area contributed by atoms with Crippen molar-refractivity contribution < 1.29 is 9.22 Å². The third kappa shape index (κ3) is 7.95. The zero-order valence-electron chi connectivity index (χ0n) is 20.7. The van der Waals surface area contributed by atoms with Crippen molar-refractivity contribution in [2.75, 3.05) is 0 Å². The minimum Gasteiger partial charge on any atom is -0.405 e. The van der Waals surface area contributed by atoms with Crippen molar-refractivity contribution in [1.82, 2.24) is 10.3 Å². The van der Waals surface area contributed by atoms with Gasteiger partial charge in [-0.15, -0.1) is 11.3 Å². The Morgan fingerprint density at radius 3 is 2.45 bits per heavy atom. The van der Waals surface area contributed by atoms with Crippen molar-refractivity contribution in [3.8, 4) is 0 Å². The van der Waals surface area contributed by atoms with Crippen molar-refractivity contribution in [1.29, 1.82) is 0 Å². The van der Waals surface area contributed by atoms with Gasteiger partial charge in [0, 0.05) is 11.6 Å². The number of nitrogens with two attached hydrogens (primary N) is 1. The summed E-state index contributed by atoms with van der Waals surface area (Å²) in [6.45, 7) is 15.5. The number of hydrogen-bond acceptors (Lipinski definition) is 5. The molecule has 0 saturated heterocycles. The van der Waals surface area contributed by atoms with Crippen LogP contribution >= 0.6 is 11.3 Å². The molecular weight excluding hydrogens is 422 g/mol. The lowest BCUT2D eigenvalue weighted by Crippen LogP contribution is -2.52. The second-order valence-electron chi connectivity index (χ2n) is 11.3. The molecule has 0 spiro atoms. The largest absolute Gasteiger partial charge is 0.405 e. The van der Waals surface area contributed by atoms with Gasteiger partial charge in [0.1, 0.15) is 11.1 Å². The van der Waals surface area contributed by atoms with E-state index in [4.69, 9.17) is 10.2 Å². The monoisotopic (exact) mass is 467 g/mol. The van der Waals surface area contributed by atoms with E-state index in [1.807, 2.05) is 11.6 Å². The van der Waals surface area contributed by atoms with Gasteiger partial charge in [0.05, 0.1) is 12.1 Å². The maximum atomic E-state index is 13.1. The molecule has 3 atom stereocenters. The molecule has 1 saturated carbocycles. The average molecular weight is 468 g/mol. The maximum absolute atomic E-state index is 13.1. The van der Waals surface area contributed by atoms with E-state index in [9.17, 15) is 4.79 Å². The van der Waals surface area contributed by atoms with Gasteiger partial charge in [0.15, 0.2) is 8.32 Å². The summed E-state index contributed by atoms with van der Waals surface area (Å²) in [5, 5.41) is 6.37. The Kier molecular flexibility index (Phi) is 9.73. The first-order chi connectivity index (χ1) is 14.4. The number of hydrogen-bond donors (Lipinski definition) is 2. The summed E-state index contributed by atoms with van der Waals surface area (Å²) >= 11 is 1.62. The van der Waals surface area contributed by atoms with Gasteiger partial charge in [-0.25, -0.2) is 4.98 Å². The number of amides is 1. The molecule has 1 amide bonds. The number of aromatic nitrogens is 1. The summed E-state index contributed by atoms with van der Waals surface area (Å²) in [4.78, 5) is 17.7. The van der Waals surface area contributed by atoms with Gasteiger partial charge in [0.25, 0.3) is 0 Å². The minimum atomic E-state index is -2.07. The zero-order valence-corrected chi connectivity index (χ0v) is 22.6. The van der Waals surface area contributed by atoms with E-state index in [0.717, 1.165) is 11.4 Å². The van der Waals surface area contributed by atoms with E-state index in [0.29, 0.717) is 18.3 Å². The molecule has 0 aliphatic heterocycles. The molecule has 1 heterocycles. The SMILES string of the molecule is CC(C)C[C@H](N)C(=O)N[C@H](CC1CCCCC1)[C@H](O[Si](C)(C)C(C)(C)C)c1nccs1. The van der Waals surface area contributed by atoms with Gasteiger partial charge in [-0.2, -0.15) is 0 Å². The Hall–Kier alpha value is -0.763. The van der Waals surface area contributed by atoms with Gasteiger partial charge in [-0.05, 0) is 42.8 Å². The quantitative estimate of drug-likeness (QED) is 0.412. The summed E-state index contributed by atoms with van der Waals surface area (Å²) in [5.74, 6) is 0.941. The normalized spacial score (nSPS) is 19.3. The van der Waals surface area contributed by atoms with Crippen LogP contribution in [0.25, 0.3) is 0 Å². The first kappa shape index (κ1) is 26.5. The number of rotatable bonds is 10. The highest BCUT2D eigenvalue weighted by Crippen LogP contribution is 2.42. The van der Waals surface area contributed by atoms with Gasteiger partial charge in [0.2, 0.25) is 5.91 Å².